The van der Waals surface area contributed by atoms with Crippen molar-refractivity contribution in [3.8, 4) is 0 Å². The first-order valence-corrected chi connectivity index (χ1v) is 9.93. The molecule has 0 bridgehead atoms. The molecule has 0 aliphatic rings. The second-order valence-electron chi connectivity index (χ2n) is 5.25. The standard InChI is InChI=1S/C14H2F2N4S4/c15-3-1-21-13-5(3)9-12(20-23-17-9)8-7(13)11-10(18-24-19-11)6-4(16)2-22-14(6)8/h1-2H. The Labute approximate surface area is 147 Å². The Morgan fingerprint density at radius 3 is 1.38 bits per heavy atom. The summed E-state index contributed by atoms with van der Waals surface area (Å²) >= 11 is 4.68. The molecule has 4 heterocycles. The molecule has 0 atom stereocenters. The lowest BCUT2D eigenvalue weighted by Gasteiger charge is -2.04. The topological polar surface area (TPSA) is 51.6 Å². The van der Waals surface area contributed by atoms with E-state index in [1.165, 1.54) is 33.4 Å². The van der Waals surface area contributed by atoms with E-state index in [-0.39, 0.29) is 11.6 Å². The van der Waals surface area contributed by atoms with Gasteiger partial charge in [-0.3, -0.25) is 0 Å². The number of nitrogens with zero attached hydrogens (tertiary/aromatic N) is 4. The van der Waals surface area contributed by atoms with Gasteiger partial charge in [0.05, 0.1) is 34.2 Å². The summed E-state index contributed by atoms with van der Waals surface area (Å²) < 4.78 is 47.6. The maximum atomic E-state index is 14.4. The number of rotatable bonds is 0. The van der Waals surface area contributed by atoms with Crippen molar-refractivity contribution in [2.24, 2.45) is 0 Å². The molecule has 4 aromatic heterocycles. The van der Waals surface area contributed by atoms with Crippen molar-refractivity contribution in [2.45, 2.75) is 0 Å². The third-order valence-corrected chi connectivity index (χ3v) is 7.12. The Morgan fingerprint density at radius 1 is 0.583 bits per heavy atom. The molecular formula is C14H2F2N4S4. The van der Waals surface area contributed by atoms with Gasteiger partial charge in [0.25, 0.3) is 0 Å². The quantitative estimate of drug-likeness (QED) is 0.340. The SMILES string of the molecule is Fc1csc2c1c1nsnc1c1c3scc(F)c3c3nsnc3c21. The Morgan fingerprint density at radius 2 is 0.958 bits per heavy atom. The maximum absolute atomic E-state index is 14.4. The molecule has 0 N–H and O–H groups in total. The van der Waals surface area contributed by atoms with E-state index in [0.29, 0.717) is 32.8 Å². The van der Waals surface area contributed by atoms with Crippen molar-refractivity contribution >= 4 is 99.1 Å². The van der Waals surface area contributed by atoms with Gasteiger partial charge in [0, 0.05) is 30.9 Å². The molecule has 0 fully saturated rings. The van der Waals surface area contributed by atoms with Crippen LogP contribution in [0.2, 0.25) is 0 Å². The monoisotopic (exact) mass is 392 g/mol. The molecule has 0 radical (unpaired) electrons. The lowest BCUT2D eigenvalue weighted by atomic mass is 10.0. The highest BCUT2D eigenvalue weighted by molar-refractivity contribution is 7.20. The Hall–Kier alpha value is -1.88. The van der Waals surface area contributed by atoms with Crippen LogP contribution < -0.4 is 0 Å². The van der Waals surface area contributed by atoms with Gasteiger partial charge in [-0.2, -0.15) is 17.5 Å². The molecule has 0 unspecified atom stereocenters. The molecular weight excluding hydrogens is 390 g/mol. The summed E-state index contributed by atoms with van der Waals surface area (Å²) in [5, 5.41) is 5.43. The molecule has 24 heavy (non-hydrogen) atoms. The van der Waals surface area contributed by atoms with Gasteiger partial charge in [0.2, 0.25) is 0 Å². The number of thiophene rings is 2. The van der Waals surface area contributed by atoms with Gasteiger partial charge in [-0.15, -0.1) is 22.7 Å². The van der Waals surface area contributed by atoms with Crippen LogP contribution in [-0.4, -0.2) is 17.5 Å². The van der Waals surface area contributed by atoms with Gasteiger partial charge in [-0.25, -0.2) is 8.78 Å². The van der Waals surface area contributed by atoms with Gasteiger partial charge >= 0.3 is 0 Å². The average Bonchev–Trinajstić information content (AvgIpc) is 3.31. The Balaban J connectivity index is 2.16. The molecule has 10 heteroatoms. The molecule has 0 saturated heterocycles. The van der Waals surface area contributed by atoms with E-state index in [4.69, 9.17) is 0 Å². The van der Waals surface area contributed by atoms with E-state index in [0.717, 1.165) is 43.6 Å². The fourth-order valence-electron chi connectivity index (χ4n) is 3.20. The third kappa shape index (κ3) is 1.41. The van der Waals surface area contributed by atoms with Crippen LogP contribution in [0, 0.1) is 11.6 Å². The molecule has 4 nitrogen and oxygen atoms in total. The van der Waals surface area contributed by atoms with Crippen LogP contribution in [-0.2, 0) is 0 Å². The highest BCUT2D eigenvalue weighted by atomic mass is 32.1. The summed E-state index contributed by atoms with van der Waals surface area (Å²) in [7, 11) is 0. The summed E-state index contributed by atoms with van der Waals surface area (Å²) in [4.78, 5) is 0. The molecule has 0 amide bonds. The zero-order valence-corrected chi connectivity index (χ0v) is 14.6. The van der Waals surface area contributed by atoms with E-state index in [1.807, 2.05) is 0 Å². The molecule has 0 aliphatic carbocycles. The van der Waals surface area contributed by atoms with Crippen molar-refractivity contribution in [1.82, 2.24) is 17.5 Å². The van der Waals surface area contributed by atoms with Gasteiger partial charge in [0.15, 0.2) is 0 Å². The third-order valence-electron chi connectivity index (χ3n) is 4.12. The maximum Gasteiger partial charge on any atom is 0.144 e. The Bertz CT molecular complexity index is 1330. The van der Waals surface area contributed by atoms with Gasteiger partial charge < -0.3 is 0 Å². The zero-order valence-electron chi connectivity index (χ0n) is 11.3. The predicted molar refractivity (Wildman–Crippen MR) is 96.6 cm³/mol. The fourth-order valence-corrected chi connectivity index (χ4v) is 6.25. The summed E-state index contributed by atoms with van der Waals surface area (Å²) in [5.41, 5.74) is 2.25. The van der Waals surface area contributed by atoms with E-state index in [2.05, 4.69) is 17.5 Å². The predicted octanol–water partition coefficient (Wildman–Crippen LogP) is 5.56. The van der Waals surface area contributed by atoms with Gasteiger partial charge in [-0.1, -0.05) is 0 Å². The lowest BCUT2D eigenvalue weighted by Crippen LogP contribution is -1.85. The molecule has 6 rings (SSSR count). The number of halogens is 2. The van der Waals surface area contributed by atoms with Crippen molar-refractivity contribution in [1.29, 1.82) is 0 Å². The first kappa shape index (κ1) is 13.4. The molecule has 116 valence electrons. The van der Waals surface area contributed by atoms with Crippen LogP contribution in [0.15, 0.2) is 10.8 Å². The second kappa shape index (κ2) is 4.39. The van der Waals surface area contributed by atoms with Crippen molar-refractivity contribution in [3.63, 3.8) is 0 Å². The number of hydrogen-bond acceptors (Lipinski definition) is 8. The van der Waals surface area contributed by atoms with E-state index < -0.39 is 0 Å². The number of benzene rings is 2. The normalized spacial score (nSPS) is 12.6. The second-order valence-corrected chi connectivity index (χ2v) is 8.06. The summed E-state index contributed by atoms with van der Waals surface area (Å²) in [6.45, 7) is 0. The highest BCUT2D eigenvalue weighted by Gasteiger charge is 2.24. The van der Waals surface area contributed by atoms with Crippen LogP contribution in [0.3, 0.4) is 0 Å². The average molecular weight is 392 g/mol. The van der Waals surface area contributed by atoms with Crippen molar-refractivity contribution in [3.05, 3.63) is 22.4 Å². The van der Waals surface area contributed by atoms with Crippen LogP contribution in [0.25, 0.3) is 53.0 Å². The highest BCUT2D eigenvalue weighted by Crippen LogP contribution is 2.47. The van der Waals surface area contributed by atoms with Crippen LogP contribution in [0.1, 0.15) is 0 Å². The van der Waals surface area contributed by atoms with Crippen molar-refractivity contribution in [2.75, 3.05) is 0 Å². The molecule has 0 spiro atoms. The number of aromatic nitrogens is 4. The summed E-state index contributed by atoms with van der Waals surface area (Å²) in [6.07, 6.45) is 0. The van der Waals surface area contributed by atoms with Crippen molar-refractivity contribution < 1.29 is 8.78 Å². The minimum absolute atomic E-state index is 0.316. The smallest absolute Gasteiger partial charge is 0.144 e. The van der Waals surface area contributed by atoms with E-state index in [1.54, 1.807) is 0 Å². The fraction of sp³-hybridized carbons (Fsp3) is 0. The van der Waals surface area contributed by atoms with E-state index in [9.17, 15) is 8.78 Å². The number of fused-ring (bicyclic) bond motifs is 11. The first-order chi connectivity index (χ1) is 11.8. The largest absolute Gasteiger partial charge is 0.205 e. The van der Waals surface area contributed by atoms with Crippen LogP contribution >= 0.6 is 46.1 Å². The van der Waals surface area contributed by atoms with Gasteiger partial charge in [0.1, 0.15) is 33.7 Å². The van der Waals surface area contributed by atoms with Gasteiger partial charge in [-0.05, 0) is 0 Å². The lowest BCUT2D eigenvalue weighted by molar-refractivity contribution is 0.644. The summed E-state index contributed by atoms with van der Waals surface area (Å²) in [5.74, 6) is -0.633. The molecule has 6 aromatic rings. The molecule has 0 aliphatic heterocycles. The Kier molecular flexibility index (Phi) is 2.46. The first-order valence-electron chi connectivity index (χ1n) is 6.71. The molecule has 0 saturated carbocycles. The number of hydrogen-bond donors (Lipinski definition) is 0. The summed E-state index contributed by atoms with van der Waals surface area (Å²) in [6, 6.07) is 0. The van der Waals surface area contributed by atoms with E-state index >= 15 is 0 Å². The molecule has 2 aromatic carbocycles. The zero-order chi connectivity index (χ0) is 16.0. The minimum atomic E-state index is -0.316. The minimum Gasteiger partial charge on any atom is -0.205 e. The van der Waals surface area contributed by atoms with Crippen LogP contribution in [0.5, 0.6) is 0 Å². The van der Waals surface area contributed by atoms with Crippen LogP contribution in [0.4, 0.5) is 8.78 Å².